The Morgan fingerprint density at radius 3 is 2.62 bits per heavy atom. The predicted octanol–water partition coefficient (Wildman–Crippen LogP) is 2.75. The van der Waals surface area contributed by atoms with Gasteiger partial charge in [-0.3, -0.25) is 0 Å². The number of aromatic amines is 1. The smallest absolute Gasteiger partial charge is 0.378 e. The summed E-state index contributed by atoms with van der Waals surface area (Å²) in [5.74, 6) is -1.82. The van der Waals surface area contributed by atoms with E-state index in [1.165, 1.54) is 6.07 Å². The Hall–Kier alpha value is -3.55. The summed E-state index contributed by atoms with van der Waals surface area (Å²) in [5.41, 5.74) is -1.31. The van der Waals surface area contributed by atoms with Crippen LogP contribution < -0.4 is 10.2 Å². The van der Waals surface area contributed by atoms with Gasteiger partial charge in [-0.25, -0.2) is 13.8 Å². The number of halogens is 5. The van der Waals surface area contributed by atoms with E-state index in [1.54, 1.807) is 4.90 Å². The van der Waals surface area contributed by atoms with Crippen molar-refractivity contribution in [2.45, 2.75) is 12.7 Å². The van der Waals surface area contributed by atoms with Crippen molar-refractivity contribution in [1.29, 1.82) is 0 Å². The lowest BCUT2D eigenvalue weighted by atomic mass is 10.3. The van der Waals surface area contributed by atoms with Gasteiger partial charge in [0.1, 0.15) is 16.9 Å². The molecule has 1 aromatic carbocycles. The molecule has 0 aliphatic carbocycles. The van der Waals surface area contributed by atoms with Gasteiger partial charge in [0, 0.05) is 13.1 Å². The summed E-state index contributed by atoms with van der Waals surface area (Å²) in [6.07, 6.45) is -3.98. The van der Waals surface area contributed by atoms with E-state index in [4.69, 9.17) is 4.74 Å². The summed E-state index contributed by atoms with van der Waals surface area (Å²) in [5, 5.41) is 6.64. The van der Waals surface area contributed by atoms with Crippen LogP contribution in [0.3, 0.4) is 0 Å². The molecule has 4 heterocycles. The number of fused-ring (bicyclic) bond motifs is 2. The molecule has 0 atom stereocenters. The number of ether oxygens (including phenoxy) is 1. The molecule has 5 rings (SSSR count). The fourth-order valence-electron chi connectivity index (χ4n) is 3.40. The Balaban J connectivity index is 1.52. The van der Waals surface area contributed by atoms with Crippen LogP contribution in [0.1, 0.15) is 11.4 Å². The number of imidazole rings is 1. The number of H-pyrrole nitrogens is 1. The van der Waals surface area contributed by atoms with Gasteiger partial charge in [0.15, 0.2) is 17.3 Å². The molecule has 168 valence electrons. The third-order valence-electron chi connectivity index (χ3n) is 4.96. The Morgan fingerprint density at radius 2 is 1.88 bits per heavy atom. The minimum Gasteiger partial charge on any atom is -0.378 e. The average Bonchev–Trinajstić information content (AvgIpc) is 3.39. The lowest BCUT2D eigenvalue weighted by Gasteiger charge is -2.27. The molecule has 0 bridgehead atoms. The minimum atomic E-state index is -4.66. The highest BCUT2D eigenvalue weighted by atomic mass is 19.4. The van der Waals surface area contributed by atoms with Gasteiger partial charge in [-0.2, -0.15) is 32.8 Å². The van der Waals surface area contributed by atoms with E-state index in [9.17, 15) is 22.0 Å². The Bertz CT molecular complexity index is 1290. The zero-order valence-corrected chi connectivity index (χ0v) is 16.2. The van der Waals surface area contributed by atoms with Gasteiger partial charge in [0.05, 0.1) is 31.5 Å². The summed E-state index contributed by atoms with van der Waals surface area (Å²) in [7, 11) is 0. The van der Waals surface area contributed by atoms with Gasteiger partial charge in [-0.05, 0) is 12.1 Å². The van der Waals surface area contributed by atoms with Crippen molar-refractivity contribution in [2.24, 2.45) is 0 Å². The van der Waals surface area contributed by atoms with Gasteiger partial charge in [-0.15, -0.1) is 0 Å². The topological polar surface area (TPSA) is 96.3 Å². The van der Waals surface area contributed by atoms with E-state index in [2.05, 4.69) is 30.4 Å². The first-order chi connectivity index (χ1) is 15.3. The van der Waals surface area contributed by atoms with Gasteiger partial charge in [0.25, 0.3) is 0 Å². The molecule has 32 heavy (non-hydrogen) atoms. The number of aromatic nitrogens is 6. The number of nitrogens with zero attached hydrogens (tertiary/aromatic N) is 6. The molecule has 1 fully saturated rings. The molecule has 0 unspecified atom stereocenters. The standard InChI is InChI=1S/C18H15F5N8O/c19-10-1-2-11-14(13(10)20)27-12(26-11)8-24-16-29-17(30-3-5-32-6-4-30)28-15-9(18(21,22)23)7-25-31(15)16/h1-2,7H,3-6,8H2,(H,26,27)(H,24,28,29). The first-order valence-corrected chi connectivity index (χ1v) is 9.53. The fraction of sp³-hybridized carbons (Fsp3) is 0.333. The monoisotopic (exact) mass is 454 g/mol. The quantitative estimate of drug-likeness (QED) is 0.458. The van der Waals surface area contributed by atoms with E-state index in [0.29, 0.717) is 32.5 Å². The van der Waals surface area contributed by atoms with Crippen molar-refractivity contribution in [2.75, 3.05) is 36.5 Å². The van der Waals surface area contributed by atoms with E-state index < -0.39 is 29.0 Å². The van der Waals surface area contributed by atoms with Crippen LogP contribution in [0.2, 0.25) is 0 Å². The molecule has 0 radical (unpaired) electrons. The zero-order valence-electron chi connectivity index (χ0n) is 16.2. The molecule has 4 aromatic rings. The van der Waals surface area contributed by atoms with Crippen LogP contribution in [0.5, 0.6) is 0 Å². The summed E-state index contributed by atoms with van der Waals surface area (Å²) in [6, 6.07) is 2.31. The number of benzene rings is 1. The van der Waals surface area contributed by atoms with Crippen LogP contribution in [0.4, 0.5) is 33.8 Å². The summed E-state index contributed by atoms with van der Waals surface area (Å²) in [6.45, 7) is 1.55. The maximum Gasteiger partial charge on any atom is 0.421 e. The second-order valence-corrected chi connectivity index (χ2v) is 7.03. The lowest BCUT2D eigenvalue weighted by molar-refractivity contribution is -0.136. The van der Waals surface area contributed by atoms with E-state index in [1.807, 2.05) is 0 Å². The molecule has 0 saturated carbocycles. The van der Waals surface area contributed by atoms with Crippen molar-refractivity contribution in [3.8, 4) is 0 Å². The van der Waals surface area contributed by atoms with Crippen LogP contribution in [-0.4, -0.2) is 55.9 Å². The molecular formula is C18H15F5N8O. The number of nitrogens with one attached hydrogen (secondary N) is 2. The maximum absolute atomic E-state index is 13.9. The number of hydrogen-bond donors (Lipinski definition) is 2. The fourth-order valence-corrected chi connectivity index (χ4v) is 3.40. The van der Waals surface area contributed by atoms with E-state index in [0.717, 1.165) is 10.6 Å². The van der Waals surface area contributed by atoms with E-state index >= 15 is 0 Å². The Kier molecular flexibility index (Phi) is 4.80. The lowest BCUT2D eigenvalue weighted by Crippen LogP contribution is -2.37. The number of rotatable bonds is 4. The number of alkyl halides is 3. The van der Waals surface area contributed by atoms with Crippen molar-refractivity contribution in [1.82, 2.24) is 29.5 Å². The highest BCUT2D eigenvalue weighted by molar-refractivity contribution is 5.75. The van der Waals surface area contributed by atoms with Crippen LogP contribution in [0, 0.1) is 11.6 Å². The number of hydrogen-bond acceptors (Lipinski definition) is 7. The van der Waals surface area contributed by atoms with Crippen molar-refractivity contribution < 1.29 is 26.7 Å². The Morgan fingerprint density at radius 1 is 1.09 bits per heavy atom. The van der Waals surface area contributed by atoms with Crippen LogP contribution in [-0.2, 0) is 17.5 Å². The number of anilines is 2. The van der Waals surface area contributed by atoms with Gasteiger partial charge in [-0.1, -0.05) is 0 Å². The third kappa shape index (κ3) is 3.55. The maximum atomic E-state index is 13.9. The van der Waals surface area contributed by atoms with Crippen LogP contribution in [0.25, 0.3) is 16.7 Å². The van der Waals surface area contributed by atoms with E-state index in [-0.39, 0.29) is 35.3 Å². The molecule has 0 amide bonds. The first kappa shape index (κ1) is 20.4. The second-order valence-electron chi connectivity index (χ2n) is 7.03. The van der Waals surface area contributed by atoms with Crippen molar-refractivity contribution in [3.05, 3.63) is 41.4 Å². The van der Waals surface area contributed by atoms with Gasteiger partial charge >= 0.3 is 6.18 Å². The summed E-state index contributed by atoms with van der Waals surface area (Å²) >= 11 is 0. The zero-order chi connectivity index (χ0) is 22.5. The summed E-state index contributed by atoms with van der Waals surface area (Å²) < 4.78 is 73.9. The van der Waals surface area contributed by atoms with Gasteiger partial charge < -0.3 is 19.9 Å². The minimum absolute atomic E-state index is 0.0147. The molecule has 2 N–H and O–H groups in total. The van der Waals surface area contributed by atoms with Crippen molar-refractivity contribution >= 4 is 28.6 Å². The molecular weight excluding hydrogens is 439 g/mol. The highest BCUT2D eigenvalue weighted by Crippen LogP contribution is 2.33. The first-order valence-electron chi connectivity index (χ1n) is 9.53. The molecule has 1 saturated heterocycles. The molecule has 0 spiro atoms. The van der Waals surface area contributed by atoms with Crippen LogP contribution >= 0.6 is 0 Å². The number of morpholine rings is 1. The highest BCUT2D eigenvalue weighted by Gasteiger charge is 2.36. The molecule has 9 nitrogen and oxygen atoms in total. The SMILES string of the molecule is Fc1ccc2[nH]c(CNc3nc(N4CCOCC4)nc4c(C(F)(F)F)cnn34)nc2c1F. The Labute approximate surface area is 176 Å². The predicted molar refractivity (Wildman–Crippen MR) is 102 cm³/mol. The molecule has 3 aromatic heterocycles. The van der Waals surface area contributed by atoms with Crippen LogP contribution in [0.15, 0.2) is 18.3 Å². The average molecular weight is 454 g/mol. The van der Waals surface area contributed by atoms with Gasteiger partial charge in [0.2, 0.25) is 11.9 Å². The molecule has 14 heteroatoms. The molecule has 1 aliphatic heterocycles. The summed E-state index contributed by atoms with van der Waals surface area (Å²) in [4.78, 5) is 17.0. The third-order valence-corrected chi connectivity index (χ3v) is 4.96. The molecule has 1 aliphatic rings. The normalized spacial score (nSPS) is 15.1. The van der Waals surface area contributed by atoms with Crippen molar-refractivity contribution in [3.63, 3.8) is 0 Å². The second kappa shape index (κ2) is 7.55. The largest absolute Gasteiger partial charge is 0.421 e.